The number of ether oxygens (including phenoxy) is 1. The van der Waals surface area contributed by atoms with E-state index in [0.29, 0.717) is 6.42 Å². The standard InChI is InChI=1S/C18H30N5O7P/c1-17(2,3)7-9-12(29-31(26,27)30-18(4,5)6)11(24)15(28-9)23-8-20-10-13(23)21-16(19)22-14(10)25/h8-9,11-12,15,24H,7H2,1-6H3,(H,26,27)(H3,19,21,22,25)/t9-,11+,12?,15-/m1/s1. The number of anilines is 1. The van der Waals surface area contributed by atoms with Crippen LogP contribution in [-0.2, 0) is 18.3 Å². The van der Waals surface area contributed by atoms with E-state index < -0.39 is 43.5 Å². The van der Waals surface area contributed by atoms with E-state index in [1.54, 1.807) is 20.8 Å². The van der Waals surface area contributed by atoms with E-state index in [2.05, 4.69) is 15.0 Å². The van der Waals surface area contributed by atoms with Crippen LogP contribution >= 0.6 is 7.82 Å². The zero-order valence-corrected chi connectivity index (χ0v) is 19.3. The second-order valence-corrected chi connectivity index (χ2v) is 11.2. The molecule has 0 radical (unpaired) electrons. The summed E-state index contributed by atoms with van der Waals surface area (Å²) < 4.78 is 30.6. The van der Waals surface area contributed by atoms with Crippen LogP contribution in [0.15, 0.2) is 11.1 Å². The number of imidazole rings is 1. The van der Waals surface area contributed by atoms with Crippen molar-refractivity contribution in [3.63, 3.8) is 0 Å². The number of phosphoric acid groups is 1. The van der Waals surface area contributed by atoms with Crippen LogP contribution in [0.2, 0.25) is 0 Å². The summed E-state index contributed by atoms with van der Waals surface area (Å²) in [5.41, 5.74) is 4.04. The minimum absolute atomic E-state index is 0.0191. The second-order valence-electron chi connectivity index (χ2n) is 9.84. The van der Waals surface area contributed by atoms with Crippen molar-refractivity contribution in [1.29, 1.82) is 0 Å². The van der Waals surface area contributed by atoms with Crippen molar-refractivity contribution in [2.24, 2.45) is 5.41 Å². The first-order chi connectivity index (χ1) is 14.1. The minimum atomic E-state index is -4.53. The van der Waals surface area contributed by atoms with Crippen LogP contribution in [0.5, 0.6) is 0 Å². The van der Waals surface area contributed by atoms with Crippen molar-refractivity contribution < 1.29 is 28.3 Å². The summed E-state index contributed by atoms with van der Waals surface area (Å²) in [6, 6.07) is 0. The zero-order chi connectivity index (χ0) is 23.4. The van der Waals surface area contributed by atoms with Gasteiger partial charge >= 0.3 is 7.82 Å². The van der Waals surface area contributed by atoms with Gasteiger partial charge in [0.05, 0.1) is 18.0 Å². The fraction of sp³-hybridized carbons (Fsp3) is 0.722. The van der Waals surface area contributed by atoms with Crippen molar-refractivity contribution in [1.82, 2.24) is 19.5 Å². The average molecular weight is 459 g/mol. The number of phosphoric ester groups is 1. The molecule has 0 aliphatic carbocycles. The van der Waals surface area contributed by atoms with Gasteiger partial charge in [-0.1, -0.05) is 20.8 Å². The van der Waals surface area contributed by atoms with Gasteiger partial charge in [-0.2, -0.15) is 4.98 Å². The molecular formula is C18H30N5O7P. The third-order valence-electron chi connectivity index (χ3n) is 4.49. The molecule has 0 saturated carbocycles. The van der Waals surface area contributed by atoms with Gasteiger partial charge in [0.1, 0.15) is 12.2 Å². The van der Waals surface area contributed by atoms with Gasteiger partial charge in [0, 0.05) is 0 Å². The van der Waals surface area contributed by atoms with Crippen LogP contribution in [-0.4, -0.2) is 53.4 Å². The lowest BCUT2D eigenvalue weighted by atomic mass is 9.87. The maximum Gasteiger partial charge on any atom is 0.473 e. The third-order valence-corrected chi connectivity index (χ3v) is 5.78. The number of aromatic nitrogens is 4. The van der Waals surface area contributed by atoms with Gasteiger partial charge < -0.3 is 20.5 Å². The van der Waals surface area contributed by atoms with E-state index >= 15 is 0 Å². The molecule has 12 nitrogen and oxygen atoms in total. The molecule has 0 spiro atoms. The number of nitrogen functional groups attached to an aromatic ring is 1. The molecule has 13 heteroatoms. The number of aliphatic hydroxyl groups is 1. The maximum absolute atomic E-state index is 12.6. The fourth-order valence-corrected chi connectivity index (χ4v) is 4.80. The van der Waals surface area contributed by atoms with Crippen molar-refractivity contribution in [2.75, 3.05) is 5.73 Å². The van der Waals surface area contributed by atoms with Gasteiger partial charge in [0.2, 0.25) is 5.95 Å². The quantitative estimate of drug-likeness (QED) is 0.482. The Morgan fingerprint density at radius 3 is 2.55 bits per heavy atom. The number of nitrogens with zero attached hydrogens (tertiary/aromatic N) is 3. The smallest absolute Gasteiger partial charge is 0.386 e. The van der Waals surface area contributed by atoms with Gasteiger partial charge in [-0.25, -0.2) is 9.55 Å². The molecule has 0 aromatic carbocycles. The molecule has 2 unspecified atom stereocenters. The Balaban J connectivity index is 1.98. The predicted molar refractivity (Wildman–Crippen MR) is 112 cm³/mol. The van der Waals surface area contributed by atoms with Crippen LogP contribution in [0.4, 0.5) is 5.95 Å². The highest BCUT2D eigenvalue weighted by Gasteiger charge is 2.50. The molecule has 2 aromatic heterocycles. The lowest BCUT2D eigenvalue weighted by Gasteiger charge is -2.29. The largest absolute Gasteiger partial charge is 0.473 e. The molecule has 0 bridgehead atoms. The van der Waals surface area contributed by atoms with E-state index in [1.165, 1.54) is 10.9 Å². The SMILES string of the molecule is CC(C)(C)C[C@H]1O[C@@H](n2cnc3c(=O)[nH]c(N)nc32)[C@@H](O)C1OP(=O)(O)OC(C)(C)C. The maximum atomic E-state index is 12.6. The van der Waals surface area contributed by atoms with Crippen molar-refractivity contribution >= 4 is 24.9 Å². The number of nitrogens with one attached hydrogen (secondary N) is 1. The Labute approximate surface area is 179 Å². The Bertz CT molecular complexity index is 1050. The lowest BCUT2D eigenvalue weighted by Crippen LogP contribution is -2.36. The predicted octanol–water partition coefficient (Wildman–Crippen LogP) is 1.70. The molecule has 5 atom stereocenters. The number of H-pyrrole nitrogens is 1. The van der Waals surface area contributed by atoms with Crippen molar-refractivity contribution in [3.8, 4) is 0 Å². The highest BCUT2D eigenvalue weighted by atomic mass is 31.2. The first-order valence-corrected chi connectivity index (χ1v) is 11.3. The highest BCUT2D eigenvalue weighted by Crippen LogP contribution is 2.52. The summed E-state index contributed by atoms with van der Waals surface area (Å²) >= 11 is 0. The first-order valence-electron chi connectivity index (χ1n) is 9.84. The highest BCUT2D eigenvalue weighted by molar-refractivity contribution is 7.47. The number of hydrogen-bond donors (Lipinski definition) is 4. The molecule has 5 N–H and O–H groups in total. The van der Waals surface area contributed by atoms with E-state index in [4.69, 9.17) is 19.5 Å². The summed E-state index contributed by atoms with van der Waals surface area (Å²) in [7, 11) is -4.53. The second kappa shape index (κ2) is 7.95. The van der Waals surface area contributed by atoms with Crippen LogP contribution in [0.1, 0.15) is 54.2 Å². The molecule has 3 heterocycles. The Kier molecular flexibility index (Phi) is 6.11. The molecule has 1 aliphatic rings. The Morgan fingerprint density at radius 1 is 1.32 bits per heavy atom. The summed E-state index contributed by atoms with van der Waals surface area (Å²) in [5.74, 6) is -0.121. The molecule has 2 aromatic rings. The minimum Gasteiger partial charge on any atom is -0.386 e. The molecule has 1 saturated heterocycles. The van der Waals surface area contributed by atoms with Crippen molar-refractivity contribution in [3.05, 3.63) is 16.7 Å². The molecule has 31 heavy (non-hydrogen) atoms. The zero-order valence-electron chi connectivity index (χ0n) is 18.4. The molecular weight excluding hydrogens is 429 g/mol. The van der Waals surface area contributed by atoms with Crippen molar-refractivity contribution in [2.45, 2.75) is 78.1 Å². The number of fused-ring (bicyclic) bond motifs is 1. The molecule has 0 amide bonds. The van der Waals surface area contributed by atoms with Gasteiger partial charge in [-0.15, -0.1) is 0 Å². The van der Waals surface area contributed by atoms with E-state index in [9.17, 15) is 19.4 Å². The van der Waals surface area contributed by atoms with Gasteiger partial charge in [-0.05, 0) is 32.6 Å². The summed E-state index contributed by atoms with van der Waals surface area (Å²) in [4.78, 5) is 32.8. The monoisotopic (exact) mass is 459 g/mol. The van der Waals surface area contributed by atoms with E-state index in [-0.39, 0.29) is 22.5 Å². The number of hydrogen-bond acceptors (Lipinski definition) is 9. The van der Waals surface area contributed by atoms with Gasteiger partial charge in [-0.3, -0.25) is 23.4 Å². The topological polar surface area (TPSA) is 175 Å². The number of nitrogens with two attached hydrogens (primary N) is 1. The molecule has 174 valence electrons. The van der Waals surface area contributed by atoms with Gasteiger partial charge in [0.15, 0.2) is 17.4 Å². The molecule has 1 fully saturated rings. The molecule has 3 rings (SSSR count). The Hall–Kier alpha value is -1.82. The molecule has 1 aliphatic heterocycles. The van der Waals surface area contributed by atoms with E-state index in [1.807, 2.05) is 20.8 Å². The van der Waals surface area contributed by atoms with E-state index in [0.717, 1.165) is 0 Å². The first kappa shape index (κ1) is 23.8. The number of rotatable bonds is 5. The Morgan fingerprint density at radius 2 is 1.97 bits per heavy atom. The van der Waals surface area contributed by atoms with Crippen LogP contribution in [0, 0.1) is 5.41 Å². The normalized spacial score (nSPS) is 27.0. The van der Waals surface area contributed by atoms with Crippen LogP contribution < -0.4 is 11.3 Å². The fourth-order valence-electron chi connectivity index (χ4n) is 3.50. The summed E-state index contributed by atoms with van der Waals surface area (Å²) in [5, 5.41) is 11.0. The number of aliphatic hydroxyl groups excluding tert-OH is 1. The van der Waals surface area contributed by atoms with Gasteiger partial charge in [0.25, 0.3) is 5.56 Å². The summed E-state index contributed by atoms with van der Waals surface area (Å²) in [6.45, 7) is 10.7. The third kappa shape index (κ3) is 5.51. The number of aromatic amines is 1. The summed E-state index contributed by atoms with van der Waals surface area (Å²) in [6.07, 6.45) is -2.69. The lowest BCUT2D eigenvalue weighted by molar-refractivity contribution is -0.0463. The average Bonchev–Trinajstić information content (AvgIpc) is 3.07. The van der Waals surface area contributed by atoms with Crippen LogP contribution in [0.3, 0.4) is 0 Å². The van der Waals surface area contributed by atoms with Crippen LogP contribution in [0.25, 0.3) is 11.2 Å².